The highest BCUT2D eigenvalue weighted by molar-refractivity contribution is 5.40. The van der Waals surface area contributed by atoms with Gasteiger partial charge in [-0.2, -0.15) is 0 Å². The van der Waals surface area contributed by atoms with E-state index >= 15 is 0 Å². The molecule has 0 bridgehead atoms. The van der Waals surface area contributed by atoms with Gasteiger partial charge < -0.3 is 14.7 Å². The van der Waals surface area contributed by atoms with Crippen molar-refractivity contribution in [3.63, 3.8) is 0 Å². The summed E-state index contributed by atoms with van der Waals surface area (Å²) in [7, 11) is 0. The number of likely N-dealkylation sites (tertiary alicyclic amines) is 1. The van der Waals surface area contributed by atoms with Gasteiger partial charge in [0.2, 0.25) is 0 Å². The molecule has 1 saturated heterocycles. The predicted octanol–water partition coefficient (Wildman–Crippen LogP) is 5.29. The van der Waals surface area contributed by atoms with Crippen LogP contribution in [0.5, 0.6) is 5.75 Å². The molecular weight excluding hydrogens is 358 g/mol. The minimum atomic E-state index is 0.383. The first-order valence-corrected chi connectivity index (χ1v) is 12.0. The van der Waals surface area contributed by atoms with Gasteiger partial charge in [0, 0.05) is 6.54 Å². The minimum Gasteiger partial charge on any atom is -0.508 e. The third kappa shape index (κ3) is 3.65. The Kier molecular flexibility index (Phi) is 5.47. The number of hydrogen-bond acceptors (Lipinski definition) is 3. The fourth-order valence-electron chi connectivity index (χ4n) is 7.19. The SMILES string of the molecule is CC12CCC3c4ccc(O)cc4CCC3C1CC/C2=C\COCCN1CCCC1. The Morgan fingerprint density at radius 1 is 1.17 bits per heavy atom. The van der Waals surface area contributed by atoms with Crippen molar-refractivity contribution >= 4 is 0 Å². The Morgan fingerprint density at radius 3 is 2.90 bits per heavy atom. The molecule has 3 fully saturated rings. The first kappa shape index (κ1) is 19.6. The molecule has 1 N–H and O–H groups in total. The molecule has 3 nitrogen and oxygen atoms in total. The number of nitrogens with zero attached hydrogens (tertiary/aromatic N) is 1. The zero-order valence-corrected chi connectivity index (χ0v) is 18.0. The average molecular weight is 396 g/mol. The highest BCUT2D eigenvalue weighted by Gasteiger charge is 2.52. The van der Waals surface area contributed by atoms with Crippen molar-refractivity contribution in [3.05, 3.63) is 41.0 Å². The molecule has 4 atom stereocenters. The fourth-order valence-corrected chi connectivity index (χ4v) is 7.19. The Hall–Kier alpha value is -1.32. The van der Waals surface area contributed by atoms with Crippen LogP contribution in [-0.4, -0.2) is 42.9 Å². The third-order valence-electron chi connectivity index (χ3n) is 8.76. The highest BCUT2D eigenvalue weighted by Crippen LogP contribution is 2.62. The summed E-state index contributed by atoms with van der Waals surface area (Å²) >= 11 is 0. The molecule has 0 spiro atoms. The maximum Gasteiger partial charge on any atom is 0.115 e. The lowest BCUT2D eigenvalue weighted by Crippen LogP contribution is -2.40. The van der Waals surface area contributed by atoms with Crippen molar-refractivity contribution in [2.45, 2.75) is 64.2 Å². The first-order chi connectivity index (χ1) is 14.1. The quantitative estimate of drug-likeness (QED) is 0.543. The minimum absolute atomic E-state index is 0.383. The van der Waals surface area contributed by atoms with Crippen LogP contribution in [0.1, 0.15) is 68.9 Å². The van der Waals surface area contributed by atoms with E-state index in [0.29, 0.717) is 17.1 Å². The number of aromatic hydroxyl groups is 1. The number of aryl methyl sites for hydroxylation is 1. The molecule has 29 heavy (non-hydrogen) atoms. The topological polar surface area (TPSA) is 32.7 Å². The van der Waals surface area contributed by atoms with Crippen molar-refractivity contribution in [1.29, 1.82) is 0 Å². The molecule has 0 amide bonds. The highest BCUT2D eigenvalue weighted by atomic mass is 16.5. The Labute approximate surface area is 176 Å². The number of rotatable bonds is 5. The average Bonchev–Trinajstić information content (AvgIpc) is 3.35. The van der Waals surface area contributed by atoms with Crippen LogP contribution in [0.2, 0.25) is 0 Å². The van der Waals surface area contributed by atoms with E-state index < -0.39 is 0 Å². The van der Waals surface area contributed by atoms with Gasteiger partial charge in [-0.15, -0.1) is 0 Å². The number of hydrogen-bond donors (Lipinski definition) is 1. The summed E-state index contributed by atoms with van der Waals surface area (Å²) in [5.74, 6) is 2.76. The summed E-state index contributed by atoms with van der Waals surface area (Å²) < 4.78 is 6.00. The standard InChI is InChI=1S/C26H37NO2/c1-26-12-10-23-22-8-6-21(28)18-19(22)4-7-24(23)25(26)9-5-20(26)11-16-29-17-15-27-13-2-3-14-27/h6,8,11,18,23-25,28H,2-5,7,9-10,12-17H2,1H3/b20-11+. The maximum atomic E-state index is 9.87. The molecule has 158 valence electrons. The Morgan fingerprint density at radius 2 is 2.03 bits per heavy atom. The van der Waals surface area contributed by atoms with Crippen molar-refractivity contribution in [2.24, 2.45) is 17.3 Å². The first-order valence-electron chi connectivity index (χ1n) is 12.0. The smallest absolute Gasteiger partial charge is 0.115 e. The predicted molar refractivity (Wildman–Crippen MR) is 117 cm³/mol. The van der Waals surface area contributed by atoms with Gasteiger partial charge in [-0.1, -0.05) is 24.6 Å². The van der Waals surface area contributed by atoms with Crippen LogP contribution in [0.15, 0.2) is 29.8 Å². The molecule has 1 aromatic rings. The summed E-state index contributed by atoms with van der Waals surface area (Å²) in [6.45, 7) is 7.83. The molecule has 1 heterocycles. The van der Waals surface area contributed by atoms with Gasteiger partial charge in [0.05, 0.1) is 13.2 Å². The second kappa shape index (κ2) is 8.07. The lowest BCUT2D eigenvalue weighted by molar-refractivity contribution is 0.0800. The molecule has 3 aliphatic carbocycles. The van der Waals surface area contributed by atoms with Gasteiger partial charge in [-0.05, 0) is 111 Å². The molecule has 5 rings (SSSR count). The van der Waals surface area contributed by atoms with Crippen molar-refractivity contribution < 1.29 is 9.84 Å². The van der Waals surface area contributed by atoms with Crippen LogP contribution in [0.4, 0.5) is 0 Å². The van der Waals surface area contributed by atoms with Crippen molar-refractivity contribution in [1.82, 2.24) is 4.90 Å². The molecule has 0 aromatic heterocycles. The summed E-state index contributed by atoms with van der Waals surface area (Å²) in [4.78, 5) is 2.53. The van der Waals surface area contributed by atoms with E-state index in [2.05, 4.69) is 24.0 Å². The zero-order valence-electron chi connectivity index (χ0n) is 18.0. The lowest BCUT2D eigenvalue weighted by Gasteiger charge is -2.49. The van der Waals surface area contributed by atoms with E-state index in [0.717, 1.165) is 38.0 Å². The van der Waals surface area contributed by atoms with Gasteiger partial charge in [0.25, 0.3) is 0 Å². The summed E-state index contributed by atoms with van der Waals surface area (Å²) in [6, 6.07) is 6.12. The Balaban J connectivity index is 1.22. The normalized spacial score (nSPS) is 35.5. The van der Waals surface area contributed by atoms with Gasteiger partial charge in [0.1, 0.15) is 5.75 Å². The molecule has 3 heteroatoms. The van der Waals surface area contributed by atoms with E-state index in [1.54, 1.807) is 5.57 Å². The van der Waals surface area contributed by atoms with Gasteiger partial charge in [-0.25, -0.2) is 0 Å². The van der Waals surface area contributed by atoms with E-state index in [1.165, 1.54) is 69.2 Å². The summed E-state index contributed by atoms with van der Waals surface area (Å²) in [5, 5.41) is 9.87. The number of allylic oxidation sites excluding steroid dienone is 1. The molecule has 4 unspecified atom stereocenters. The summed E-state index contributed by atoms with van der Waals surface area (Å²) in [5.41, 5.74) is 4.99. The molecular formula is C26H37NO2. The van der Waals surface area contributed by atoms with Crippen LogP contribution >= 0.6 is 0 Å². The number of phenolic OH excluding ortho intramolecular Hbond substituents is 1. The fraction of sp³-hybridized carbons (Fsp3) is 0.692. The second-order valence-corrected chi connectivity index (χ2v) is 10.1. The molecule has 1 aromatic carbocycles. The van der Waals surface area contributed by atoms with E-state index in [-0.39, 0.29) is 0 Å². The second-order valence-electron chi connectivity index (χ2n) is 10.1. The van der Waals surface area contributed by atoms with Gasteiger partial charge in [0.15, 0.2) is 0 Å². The van der Waals surface area contributed by atoms with Crippen LogP contribution in [-0.2, 0) is 11.2 Å². The number of benzene rings is 1. The van der Waals surface area contributed by atoms with Crippen LogP contribution in [0, 0.1) is 17.3 Å². The number of fused-ring (bicyclic) bond motifs is 5. The van der Waals surface area contributed by atoms with Crippen molar-refractivity contribution in [3.8, 4) is 5.75 Å². The molecule has 1 aliphatic heterocycles. The van der Waals surface area contributed by atoms with E-state index in [1.807, 2.05) is 12.1 Å². The summed E-state index contributed by atoms with van der Waals surface area (Å²) in [6.07, 6.45) is 12.8. The maximum absolute atomic E-state index is 9.87. The molecule has 0 radical (unpaired) electrons. The number of phenols is 1. The van der Waals surface area contributed by atoms with Crippen molar-refractivity contribution in [2.75, 3.05) is 32.8 Å². The lowest BCUT2D eigenvalue weighted by atomic mass is 9.55. The molecule has 2 saturated carbocycles. The number of ether oxygens (including phenoxy) is 1. The van der Waals surface area contributed by atoms with Crippen LogP contribution < -0.4 is 0 Å². The third-order valence-corrected chi connectivity index (χ3v) is 8.76. The zero-order chi connectivity index (χ0) is 19.8. The van der Waals surface area contributed by atoms with E-state index in [9.17, 15) is 5.11 Å². The molecule has 4 aliphatic rings. The van der Waals surface area contributed by atoms with E-state index in [4.69, 9.17) is 4.74 Å². The van der Waals surface area contributed by atoms with Crippen LogP contribution in [0.3, 0.4) is 0 Å². The Bertz CT molecular complexity index is 766. The largest absolute Gasteiger partial charge is 0.508 e. The van der Waals surface area contributed by atoms with Crippen LogP contribution in [0.25, 0.3) is 0 Å². The monoisotopic (exact) mass is 395 g/mol. The van der Waals surface area contributed by atoms with Gasteiger partial charge in [-0.3, -0.25) is 0 Å². The van der Waals surface area contributed by atoms with Gasteiger partial charge >= 0.3 is 0 Å².